The Bertz CT molecular complexity index is 241. The van der Waals surface area contributed by atoms with Gasteiger partial charge in [-0.2, -0.15) is 0 Å². The number of rotatable bonds is 6. The van der Waals surface area contributed by atoms with Gasteiger partial charge >= 0.3 is 5.97 Å². The lowest BCUT2D eigenvalue weighted by atomic mass is 10.1. The minimum absolute atomic E-state index is 0.114. The molecule has 0 fully saturated rings. The maximum absolute atomic E-state index is 11.4. The van der Waals surface area contributed by atoms with E-state index >= 15 is 0 Å². The first kappa shape index (κ1) is 14.9. The smallest absolute Gasteiger partial charge is 0.322 e. The largest absolute Gasteiger partial charge is 0.468 e. The van der Waals surface area contributed by atoms with Gasteiger partial charge in [0.25, 0.3) is 0 Å². The molecule has 0 aromatic rings. The van der Waals surface area contributed by atoms with E-state index in [0.717, 1.165) is 0 Å². The van der Waals surface area contributed by atoms with E-state index in [1.807, 2.05) is 20.8 Å². The molecule has 2 N–H and O–H groups in total. The van der Waals surface area contributed by atoms with E-state index in [0.29, 0.717) is 5.92 Å². The zero-order valence-corrected chi connectivity index (χ0v) is 10.7. The molecule has 16 heavy (non-hydrogen) atoms. The average molecular weight is 230 g/mol. The zero-order valence-electron chi connectivity index (χ0n) is 10.7. The van der Waals surface area contributed by atoms with Crippen LogP contribution in [0.25, 0.3) is 0 Å². The SMILES string of the molecule is COC(=O)C(C)NCC(=O)NC(C)C(C)C. The average Bonchev–Trinajstić information content (AvgIpc) is 2.24. The van der Waals surface area contributed by atoms with Crippen LogP contribution < -0.4 is 10.6 Å². The fraction of sp³-hybridized carbons (Fsp3) is 0.818. The number of nitrogens with one attached hydrogen (secondary N) is 2. The number of carbonyl (C=O) groups excluding carboxylic acids is 2. The highest BCUT2D eigenvalue weighted by molar-refractivity contribution is 5.80. The second-order valence-electron chi connectivity index (χ2n) is 4.23. The van der Waals surface area contributed by atoms with Crippen molar-refractivity contribution in [3.8, 4) is 0 Å². The van der Waals surface area contributed by atoms with E-state index in [1.54, 1.807) is 6.92 Å². The molecule has 0 bridgehead atoms. The topological polar surface area (TPSA) is 67.4 Å². The summed E-state index contributed by atoms with van der Waals surface area (Å²) in [6, 6.07) is -0.340. The van der Waals surface area contributed by atoms with E-state index in [1.165, 1.54) is 7.11 Å². The molecule has 0 radical (unpaired) electrons. The Morgan fingerprint density at radius 1 is 1.19 bits per heavy atom. The third kappa shape index (κ3) is 5.70. The van der Waals surface area contributed by atoms with Crippen LogP contribution in [0.15, 0.2) is 0 Å². The fourth-order valence-corrected chi connectivity index (χ4v) is 0.978. The molecular weight excluding hydrogens is 208 g/mol. The van der Waals surface area contributed by atoms with Crippen LogP contribution in [-0.4, -0.2) is 37.6 Å². The minimum Gasteiger partial charge on any atom is -0.468 e. The summed E-state index contributed by atoms with van der Waals surface area (Å²) in [4.78, 5) is 22.5. The normalized spacial score (nSPS) is 14.4. The highest BCUT2D eigenvalue weighted by Crippen LogP contribution is 1.98. The molecule has 0 spiro atoms. The molecular formula is C11H22N2O3. The van der Waals surface area contributed by atoms with Gasteiger partial charge in [-0.3, -0.25) is 14.9 Å². The Morgan fingerprint density at radius 2 is 1.75 bits per heavy atom. The second kappa shape index (κ2) is 7.22. The molecule has 0 aliphatic heterocycles. The number of hydrogen-bond acceptors (Lipinski definition) is 4. The predicted molar refractivity (Wildman–Crippen MR) is 61.9 cm³/mol. The minimum atomic E-state index is -0.467. The Labute approximate surface area is 96.9 Å². The molecule has 0 rings (SSSR count). The Morgan fingerprint density at radius 3 is 2.19 bits per heavy atom. The van der Waals surface area contributed by atoms with Gasteiger partial charge in [-0.05, 0) is 19.8 Å². The Kier molecular flexibility index (Phi) is 6.72. The Balaban J connectivity index is 3.86. The monoisotopic (exact) mass is 230 g/mol. The third-order valence-corrected chi connectivity index (χ3v) is 2.51. The number of ether oxygens (including phenoxy) is 1. The third-order valence-electron chi connectivity index (χ3n) is 2.51. The van der Waals surface area contributed by atoms with Gasteiger partial charge in [-0.15, -0.1) is 0 Å². The molecule has 0 aliphatic carbocycles. The van der Waals surface area contributed by atoms with E-state index in [-0.39, 0.29) is 24.5 Å². The van der Waals surface area contributed by atoms with Crippen molar-refractivity contribution < 1.29 is 14.3 Å². The van der Waals surface area contributed by atoms with Crippen LogP contribution in [0.1, 0.15) is 27.7 Å². The van der Waals surface area contributed by atoms with Crippen molar-refractivity contribution in [2.24, 2.45) is 5.92 Å². The first-order chi connectivity index (χ1) is 7.38. The van der Waals surface area contributed by atoms with Crippen molar-refractivity contribution >= 4 is 11.9 Å². The van der Waals surface area contributed by atoms with Crippen molar-refractivity contribution in [1.29, 1.82) is 0 Å². The summed E-state index contributed by atoms with van der Waals surface area (Å²) in [5, 5.41) is 5.63. The van der Waals surface area contributed by atoms with Crippen LogP contribution in [0.5, 0.6) is 0 Å². The molecule has 0 saturated carbocycles. The first-order valence-electron chi connectivity index (χ1n) is 5.49. The number of amides is 1. The van der Waals surface area contributed by atoms with Gasteiger partial charge in [0.1, 0.15) is 6.04 Å². The molecule has 0 heterocycles. The van der Waals surface area contributed by atoms with Crippen molar-refractivity contribution in [2.75, 3.05) is 13.7 Å². The lowest BCUT2D eigenvalue weighted by Crippen LogP contribution is -2.45. The van der Waals surface area contributed by atoms with Gasteiger partial charge in [-0.25, -0.2) is 0 Å². The molecule has 94 valence electrons. The molecule has 0 saturated heterocycles. The van der Waals surface area contributed by atoms with Crippen molar-refractivity contribution in [3.63, 3.8) is 0 Å². The summed E-state index contributed by atoms with van der Waals surface area (Å²) in [5.41, 5.74) is 0. The van der Waals surface area contributed by atoms with Gasteiger partial charge < -0.3 is 10.1 Å². The number of carbonyl (C=O) groups is 2. The zero-order chi connectivity index (χ0) is 12.7. The van der Waals surface area contributed by atoms with Crippen LogP contribution >= 0.6 is 0 Å². The Hall–Kier alpha value is -1.10. The standard InChI is InChI=1S/C11H22N2O3/c1-7(2)8(3)13-10(14)6-12-9(4)11(15)16-5/h7-9,12H,6H2,1-5H3,(H,13,14). The molecule has 1 amide bonds. The van der Waals surface area contributed by atoms with E-state index in [4.69, 9.17) is 0 Å². The van der Waals surface area contributed by atoms with E-state index in [2.05, 4.69) is 15.4 Å². The van der Waals surface area contributed by atoms with Gasteiger partial charge in [0.2, 0.25) is 5.91 Å². The first-order valence-corrected chi connectivity index (χ1v) is 5.49. The molecule has 0 aromatic heterocycles. The van der Waals surface area contributed by atoms with Crippen LogP contribution in [0.2, 0.25) is 0 Å². The van der Waals surface area contributed by atoms with Crippen LogP contribution in [-0.2, 0) is 14.3 Å². The van der Waals surface area contributed by atoms with E-state index < -0.39 is 6.04 Å². The van der Waals surface area contributed by atoms with Crippen LogP contribution in [0, 0.1) is 5.92 Å². The van der Waals surface area contributed by atoms with Crippen molar-refractivity contribution in [3.05, 3.63) is 0 Å². The van der Waals surface area contributed by atoms with Gasteiger partial charge in [0, 0.05) is 6.04 Å². The summed E-state index contributed by atoms with van der Waals surface area (Å²) in [6.07, 6.45) is 0. The molecule has 0 aromatic carbocycles. The molecule has 5 heteroatoms. The summed E-state index contributed by atoms with van der Waals surface area (Å²) >= 11 is 0. The lowest BCUT2D eigenvalue weighted by molar-refractivity contribution is -0.142. The van der Waals surface area contributed by atoms with Gasteiger partial charge in [-0.1, -0.05) is 13.8 Å². The quantitative estimate of drug-likeness (QED) is 0.644. The predicted octanol–water partition coefficient (Wildman–Crippen LogP) is 0.298. The molecule has 0 aliphatic rings. The van der Waals surface area contributed by atoms with Crippen molar-refractivity contribution in [1.82, 2.24) is 10.6 Å². The number of esters is 1. The highest BCUT2D eigenvalue weighted by Gasteiger charge is 2.15. The summed E-state index contributed by atoms with van der Waals surface area (Å²) < 4.78 is 4.53. The summed E-state index contributed by atoms with van der Waals surface area (Å²) in [6.45, 7) is 7.80. The number of methoxy groups -OCH3 is 1. The maximum Gasteiger partial charge on any atom is 0.322 e. The fourth-order valence-electron chi connectivity index (χ4n) is 0.978. The maximum atomic E-state index is 11.4. The molecule has 2 unspecified atom stereocenters. The van der Waals surface area contributed by atoms with Gasteiger partial charge in [0.05, 0.1) is 13.7 Å². The lowest BCUT2D eigenvalue weighted by Gasteiger charge is -2.18. The molecule has 5 nitrogen and oxygen atoms in total. The van der Waals surface area contributed by atoms with Crippen LogP contribution in [0.4, 0.5) is 0 Å². The second-order valence-corrected chi connectivity index (χ2v) is 4.23. The number of hydrogen-bond donors (Lipinski definition) is 2. The summed E-state index contributed by atoms with van der Waals surface area (Å²) in [5.74, 6) is -0.0939. The highest BCUT2D eigenvalue weighted by atomic mass is 16.5. The van der Waals surface area contributed by atoms with E-state index in [9.17, 15) is 9.59 Å². The van der Waals surface area contributed by atoms with Gasteiger partial charge in [0.15, 0.2) is 0 Å². The van der Waals surface area contributed by atoms with Crippen molar-refractivity contribution in [2.45, 2.75) is 39.8 Å². The van der Waals surface area contributed by atoms with Crippen LogP contribution in [0.3, 0.4) is 0 Å². The molecule has 2 atom stereocenters. The summed E-state index contributed by atoms with van der Waals surface area (Å²) in [7, 11) is 1.32.